The van der Waals surface area contributed by atoms with Gasteiger partial charge in [0.2, 0.25) is 0 Å². The van der Waals surface area contributed by atoms with Gasteiger partial charge in [-0.2, -0.15) is 0 Å². The maximum atomic E-state index is 12.0. The van der Waals surface area contributed by atoms with Crippen LogP contribution in [0.2, 0.25) is 0 Å². The number of rotatable bonds is 2. The van der Waals surface area contributed by atoms with Crippen molar-refractivity contribution >= 4 is 0 Å². The number of aromatic nitrogens is 1. The van der Waals surface area contributed by atoms with E-state index < -0.39 is 6.36 Å². The summed E-state index contributed by atoms with van der Waals surface area (Å²) < 4.78 is 39.8. The fourth-order valence-electron chi connectivity index (χ4n) is 1.71. The van der Waals surface area contributed by atoms with Gasteiger partial charge in [0.1, 0.15) is 5.75 Å². The zero-order valence-corrected chi connectivity index (χ0v) is 9.91. The molecule has 1 N–H and O–H groups in total. The lowest BCUT2D eigenvalue weighted by molar-refractivity contribution is -0.274. The molecule has 100 valence electrons. The number of H-pyrrole nitrogens is 1. The van der Waals surface area contributed by atoms with Crippen molar-refractivity contribution in [1.82, 2.24) is 4.98 Å². The van der Waals surface area contributed by atoms with Crippen LogP contribution in [0.4, 0.5) is 13.2 Å². The highest BCUT2D eigenvalue weighted by Gasteiger charge is 2.30. The molecule has 0 unspecified atom stereocenters. The fourth-order valence-corrected chi connectivity index (χ4v) is 1.71. The van der Waals surface area contributed by atoms with Crippen LogP contribution in [0.25, 0.3) is 11.1 Å². The fraction of sp³-hybridized carbons (Fsp3) is 0.154. The Labute approximate surface area is 106 Å². The Morgan fingerprint density at radius 1 is 1.11 bits per heavy atom. The van der Waals surface area contributed by atoms with Gasteiger partial charge in [-0.05, 0) is 36.2 Å². The second kappa shape index (κ2) is 4.79. The van der Waals surface area contributed by atoms with Crippen LogP contribution < -0.4 is 10.3 Å². The number of aromatic amines is 1. The van der Waals surface area contributed by atoms with Crippen LogP contribution in [0, 0.1) is 6.92 Å². The first kappa shape index (κ1) is 13.2. The number of nitrogens with one attached hydrogen (secondary N) is 1. The lowest BCUT2D eigenvalue weighted by Crippen LogP contribution is -2.17. The molecule has 0 aliphatic carbocycles. The minimum atomic E-state index is -4.71. The van der Waals surface area contributed by atoms with Crippen molar-refractivity contribution < 1.29 is 17.9 Å². The Kier molecular flexibility index (Phi) is 3.33. The van der Waals surface area contributed by atoms with E-state index in [1.54, 1.807) is 13.0 Å². The SMILES string of the molecule is Cc1c(-c2ccc(OC(F)(F)F)cc2)cc[nH]c1=O. The van der Waals surface area contributed by atoms with Gasteiger partial charge < -0.3 is 9.72 Å². The van der Waals surface area contributed by atoms with Gasteiger partial charge in [-0.1, -0.05) is 12.1 Å². The molecule has 2 rings (SSSR count). The summed E-state index contributed by atoms with van der Waals surface area (Å²) in [6.07, 6.45) is -3.22. The van der Waals surface area contributed by atoms with E-state index in [1.165, 1.54) is 30.5 Å². The predicted molar refractivity (Wildman–Crippen MR) is 63.9 cm³/mol. The summed E-state index contributed by atoms with van der Waals surface area (Å²) in [6, 6.07) is 7.06. The largest absolute Gasteiger partial charge is 0.573 e. The lowest BCUT2D eigenvalue weighted by Gasteiger charge is -2.10. The summed E-state index contributed by atoms with van der Waals surface area (Å²) in [6.45, 7) is 1.65. The van der Waals surface area contributed by atoms with Crippen LogP contribution in [0.5, 0.6) is 5.75 Å². The average Bonchev–Trinajstić information content (AvgIpc) is 2.32. The van der Waals surface area contributed by atoms with E-state index in [4.69, 9.17) is 0 Å². The highest BCUT2D eigenvalue weighted by atomic mass is 19.4. The molecule has 1 heterocycles. The number of halogens is 3. The van der Waals surface area contributed by atoms with Crippen LogP contribution >= 0.6 is 0 Å². The number of hydrogen-bond donors (Lipinski definition) is 1. The van der Waals surface area contributed by atoms with E-state index in [0.717, 1.165) is 0 Å². The molecule has 0 bridgehead atoms. The van der Waals surface area contributed by atoms with Crippen molar-refractivity contribution in [2.75, 3.05) is 0 Å². The third-order valence-corrected chi connectivity index (χ3v) is 2.61. The second-order valence-corrected chi connectivity index (χ2v) is 3.92. The molecule has 0 aliphatic heterocycles. The van der Waals surface area contributed by atoms with Gasteiger partial charge in [0.15, 0.2) is 0 Å². The molecule has 0 aliphatic rings. The number of ether oxygens (including phenoxy) is 1. The van der Waals surface area contributed by atoms with E-state index in [2.05, 4.69) is 9.72 Å². The smallest absolute Gasteiger partial charge is 0.406 e. The molecule has 1 aromatic carbocycles. The van der Waals surface area contributed by atoms with Gasteiger partial charge in [0.05, 0.1) is 0 Å². The maximum absolute atomic E-state index is 12.0. The van der Waals surface area contributed by atoms with Crippen LogP contribution in [0.15, 0.2) is 41.3 Å². The van der Waals surface area contributed by atoms with Crippen LogP contribution in [-0.2, 0) is 0 Å². The van der Waals surface area contributed by atoms with Crippen LogP contribution in [-0.4, -0.2) is 11.3 Å². The first-order chi connectivity index (χ1) is 8.87. The topological polar surface area (TPSA) is 42.1 Å². The number of pyridine rings is 1. The Hall–Kier alpha value is -2.24. The predicted octanol–water partition coefficient (Wildman–Crippen LogP) is 3.25. The van der Waals surface area contributed by atoms with Gasteiger partial charge in [-0.25, -0.2) is 0 Å². The summed E-state index contributed by atoms with van der Waals surface area (Å²) in [5, 5.41) is 0. The number of hydrogen-bond acceptors (Lipinski definition) is 2. The quantitative estimate of drug-likeness (QED) is 0.909. The Balaban J connectivity index is 2.33. The Bertz CT molecular complexity index is 630. The molecule has 0 saturated heterocycles. The van der Waals surface area contributed by atoms with Gasteiger partial charge in [-0.3, -0.25) is 4.79 Å². The monoisotopic (exact) mass is 269 g/mol. The van der Waals surface area contributed by atoms with E-state index in [0.29, 0.717) is 16.7 Å². The van der Waals surface area contributed by atoms with Gasteiger partial charge in [-0.15, -0.1) is 13.2 Å². The molecule has 0 radical (unpaired) electrons. The molecule has 6 heteroatoms. The summed E-state index contributed by atoms with van der Waals surface area (Å²) >= 11 is 0. The molecule has 1 aromatic heterocycles. The molecule has 19 heavy (non-hydrogen) atoms. The molecule has 0 atom stereocenters. The third kappa shape index (κ3) is 3.15. The molecule has 0 spiro atoms. The van der Waals surface area contributed by atoms with Crippen molar-refractivity contribution in [3.05, 3.63) is 52.4 Å². The molecule has 2 aromatic rings. The lowest BCUT2D eigenvalue weighted by atomic mass is 10.0. The Morgan fingerprint density at radius 3 is 2.32 bits per heavy atom. The Morgan fingerprint density at radius 2 is 1.74 bits per heavy atom. The van der Waals surface area contributed by atoms with E-state index >= 15 is 0 Å². The summed E-state index contributed by atoms with van der Waals surface area (Å²) in [4.78, 5) is 14.0. The second-order valence-electron chi connectivity index (χ2n) is 3.92. The summed E-state index contributed by atoms with van der Waals surface area (Å²) in [5.74, 6) is -0.293. The minimum Gasteiger partial charge on any atom is -0.406 e. The van der Waals surface area contributed by atoms with E-state index in [-0.39, 0.29) is 11.3 Å². The maximum Gasteiger partial charge on any atom is 0.573 e. The van der Waals surface area contributed by atoms with Crippen molar-refractivity contribution in [3.63, 3.8) is 0 Å². The van der Waals surface area contributed by atoms with Gasteiger partial charge in [0, 0.05) is 11.8 Å². The van der Waals surface area contributed by atoms with Crippen molar-refractivity contribution in [1.29, 1.82) is 0 Å². The zero-order valence-electron chi connectivity index (χ0n) is 9.91. The van der Waals surface area contributed by atoms with Crippen molar-refractivity contribution in [3.8, 4) is 16.9 Å². The van der Waals surface area contributed by atoms with E-state index in [9.17, 15) is 18.0 Å². The molecular formula is C13H10F3NO2. The molecule has 0 fully saturated rings. The average molecular weight is 269 g/mol. The van der Waals surface area contributed by atoms with Crippen LogP contribution in [0.3, 0.4) is 0 Å². The standard InChI is InChI=1S/C13H10F3NO2/c1-8-11(6-7-17-12(8)18)9-2-4-10(5-3-9)19-13(14,15)16/h2-7H,1H3,(H,17,18). The molecule has 3 nitrogen and oxygen atoms in total. The summed E-state index contributed by atoms with van der Waals surface area (Å²) in [7, 11) is 0. The molecular weight excluding hydrogens is 259 g/mol. The van der Waals surface area contributed by atoms with E-state index in [1.807, 2.05) is 0 Å². The highest BCUT2D eigenvalue weighted by Crippen LogP contribution is 2.26. The number of alkyl halides is 3. The van der Waals surface area contributed by atoms with Crippen molar-refractivity contribution in [2.45, 2.75) is 13.3 Å². The molecule has 0 amide bonds. The first-order valence-electron chi connectivity index (χ1n) is 5.41. The van der Waals surface area contributed by atoms with Gasteiger partial charge in [0.25, 0.3) is 5.56 Å². The third-order valence-electron chi connectivity index (χ3n) is 2.61. The van der Waals surface area contributed by atoms with Crippen molar-refractivity contribution in [2.24, 2.45) is 0 Å². The normalized spacial score (nSPS) is 11.4. The summed E-state index contributed by atoms with van der Waals surface area (Å²) in [5.41, 5.74) is 1.60. The zero-order chi connectivity index (χ0) is 14.0. The van der Waals surface area contributed by atoms with Crippen LogP contribution in [0.1, 0.15) is 5.56 Å². The minimum absolute atomic E-state index is 0.229. The molecule has 0 saturated carbocycles. The number of benzene rings is 1. The highest BCUT2D eigenvalue weighted by molar-refractivity contribution is 5.66. The van der Waals surface area contributed by atoms with Gasteiger partial charge >= 0.3 is 6.36 Å². The first-order valence-corrected chi connectivity index (χ1v) is 5.41.